The number of hydrogen-bond acceptors (Lipinski definition) is 3. The van der Waals surface area contributed by atoms with Crippen LogP contribution in [0.1, 0.15) is 25.5 Å². The van der Waals surface area contributed by atoms with Gasteiger partial charge in [-0.3, -0.25) is 5.10 Å². The van der Waals surface area contributed by atoms with Gasteiger partial charge in [0, 0.05) is 31.6 Å². The van der Waals surface area contributed by atoms with Crippen LogP contribution in [0, 0.1) is 0 Å². The van der Waals surface area contributed by atoms with Gasteiger partial charge < -0.3 is 10.1 Å². The highest BCUT2D eigenvalue weighted by molar-refractivity contribution is 4.96. The van der Waals surface area contributed by atoms with Crippen LogP contribution in [-0.4, -0.2) is 30.0 Å². The highest BCUT2D eigenvalue weighted by atomic mass is 16.5. The van der Waals surface area contributed by atoms with E-state index in [9.17, 15) is 0 Å². The molecule has 0 aromatic carbocycles. The van der Waals surface area contributed by atoms with Gasteiger partial charge in [-0.2, -0.15) is 5.10 Å². The summed E-state index contributed by atoms with van der Waals surface area (Å²) in [5.41, 5.74) is 1.11. The standard InChI is InChI=1S/C10H19N3O/c1-2-3-7-14-8-6-11-9-10-4-5-12-13-10/h4-5,11H,2-3,6-9H2,1H3,(H,12,13). The van der Waals surface area contributed by atoms with Gasteiger partial charge in [-0.15, -0.1) is 0 Å². The van der Waals surface area contributed by atoms with Crippen LogP contribution in [0.4, 0.5) is 0 Å². The Morgan fingerprint density at radius 2 is 2.43 bits per heavy atom. The maximum atomic E-state index is 5.41. The van der Waals surface area contributed by atoms with Crippen LogP contribution < -0.4 is 5.32 Å². The van der Waals surface area contributed by atoms with E-state index in [0.29, 0.717) is 0 Å². The summed E-state index contributed by atoms with van der Waals surface area (Å²) in [6.07, 6.45) is 4.11. The van der Waals surface area contributed by atoms with Gasteiger partial charge in [0.05, 0.1) is 6.61 Å². The number of hydrogen-bond donors (Lipinski definition) is 2. The Labute approximate surface area is 85.0 Å². The van der Waals surface area contributed by atoms with Crippen molar-refractivity contribution in [3.8, 4) is 0 Å². The lowest BCUT2D eigenvalue weighted by Crippen LogP contribution is -2.19. The number of aromatic amines is 1. The zero-order chi connectivity index (χ0) is 10.1. The summed E-state index contributed by atoms with van der Waals surface area (Å²) in [5, 5.41) is 10.0. The molecule has 0 fully saturated rings. The van der Waals surface area contributed by atoms with Crippen LogP contribution in [0.25, 0.3) is 0 Å². The van der Waals surface area contributed by atoms with E-state index >= 15 is 0 Å². The minimum Gasteiger partial charge on any atom is -0.380 e. The number of aromatic nitrogens is 2. The molecule has 0 aliphatic carbocycles. The molecule has 0 amide bonds. The summed E-state index contributed by atoms with van der Waals surface area (Å²) in [4.78, 5) is 0. The Morgan fingerprint density at radius 3 is 3.14 bits per heavy atom. The van der Waals surface area contributed by atoms with Gasteiger partial charge in [-0.25, -0.2) is 0 Å². The van der Waals surface area contributed by atoms with Gasteiger partial charge in [0.1, 0.15) is 0 Å². The molecule has 0 aliphatic rings. The molecule has 4 heteroatoms. The largest absolute Gasteiger partial charge is 0.380 e. The molecule has 0 aliphatic heterocycles. The zero-order valence-electron chi connectivity index (χ0n) is 8.75. The Morgan fingerprint density at radius 1 is 1.50 bits per heavy atom. The molecular formula is C10H19N3O. The maximum Gasteiger partial charge on any atom is 0.0591 e. The quantitative estimate of drug-likeness (QED) is 0.618. The van der Waals surface area contributed by atoms with Crippen LogP contribution in [0.15, 0.2) is 12.3 Å². The van der Waals surface area contributed by atoms with Crippen molar-refractivity contribution in [2.75, 3.05) is 19.8 Å². The number of H-pyrrole nitrogens is 1. The summed E-state index contributed by atoms with van der Waals surface area (Å²) in [7, 11) is 0. The van der Waals surface area contributed by atoms with Crippen molar-refractivity contribution in [1.82, 2.24) is 15.5 Å². The summed E-state index contributed by atoms with van der Waals surface area (Å²) in [6, 6.07) is 1.96. The van der Waals surface area contributed by atoms with Crippen molar-refractivity contribution in [3.05, 3.63) is 18.0 Å². The van der Waals surface area contributed by atoms with Crippen molar-refractivity contribution in [3.63, 3.8) is 0 Å². The minimum atomic E-state index is 0.786. The van der Waals surface area contributed by atoms with E-state index in [1.807, 2.05) is 6.07 Å². The van der Waals surface area contributed by atoms with Crippen molar-refractivity contribution in [2.24, 2.45) is 0 Å². The van der Waals surface area contributed by atoms with Crippen LogP contribution in [-0.2, 0) is 11.3 Å². The summed E-state index contributed by atoms with van der Waals surface area (Å²) in [5.74, 6) is 0. The van der Waals surface area contributed by atoms with E-state index < -0.39 is 0 Å². The molecule has 0 bridgehead atoms. The lowest BCUT2D eigenvalue weighted by atomic mass is 10.4. The van der Waals surface area contributed by atoms with Crippen molar-refractivity contribution in [1.29, 1.82) is 0 Å². The van der Waals surface area contributed by atoms with Crippen LogP contribution >= 0.6 is 0 Å². The molecule has 1 rings (SSSR count). The number of nitrogens with one attached hydrogen (secondary N) is 2. The molecule has 0 saturated carbocycles. The third-order valence-corrected chi connectivity index (χ3v) is 1.94. The molecule has 1 aromatic heterocycles. The van der Waals surface area contributed by atoms with E-state index in [-0.39, 0.29) is 0 Å². The van der Waals surface area contributed by atoms with Crippen LogP contribution in [0.5, 0.6) is 0 Å². The summed E-state index contributed by atoms with van der Waals surface area (Å²) in [6.45, 7) is 5.55. The molecule has 0 saturated heterocycles. The number of nitrogens with zero attached hydrogens (tertiary/aromatic N) is 1. The van der Waals surface area contributed by atoms with Crippen molar-refractivity contribution in [2.45, 2.75) is 26.3 Å². The van der Waals surface area contributed by atoms with Crippen LogP contribution in [0.3, 0.4) is 0 Å². The molecule has 4 nitrogen and oxygen atoms in total. The lowest BCUT2D eigenvalue weighted by molar-refractivity contribution is 0.133. The fourth-order valence-electron chi connectivity index (χ4n) is 1.10. The molecule has 14 heavy (non-hydrogen) atoms. The summed E-state index contributed by atoms with van der Waals surface area (Å²) < 4.78 is 5.41. The van der Waals surface area contributed by atoms with Crippen LogP contribution in [0.2, 0.25) is 0 Å². The smallest absolute Gasteiger partial charge is 0.0591 e. The van der Waals surface area contributed by atoms with Gasteiger partial charge in [-0.05, 0) is 12.5 Å². The minimum absolute atomic E-state index is 0.786. The van der Waals surface area contributed by atoms with E-state index in [2.05, 4.69) is 22.4 Å². The highest BCUT2D eigenvalue weighted by Gasteiger charge is 1.92. The Bertz CT molecular complexity index is 211. The first-order chi connectivity index (χ1) is 6.93. The summed E-state index contributed by atoms with van der Waals surface area (Å²) >= 11 is 0. The molecular weight excluding hydrogens is 178 g/mol. The second-order valence-corrected chi connectivity index (χ2v) is 3.22. The van der Waals surface area contributed by atoms with Gasteiger partial charge in [0.25, 0.3) is 0 Å². The molecule has 0 unspecified atom stereocenters. The van der Waals surface area contributed by atoms with E-state index in [4.69, 9.17) is 4.74 Å². The number of ether oxygens (including phenoxy) is 1. The first-order valence-electron chi connectivity index (χ1n) is 5.20. The van der Waals surface area contributed by atoms with Gasteiger partial charge in [-0.1, -0.05) is 13.3 Å². The van der Waals surface area contributed by atoms with E-state index in [1.165, 1.54) is 6.42 Å². The molecule has 1 heterocycles. The average Bonchev–Trinajstić information content (AvgIpc) is 2.69. The van der Waals surface area contributed by atoms with Gasteiger partial charge in [0.15, 0.2) is 0 Å². The van der Waals surface area contributed by atoms with Crippen molar-refractivity contribution >= 4 is 0 Å². The fraction of sp³-hybridized carbons (Fsp3) is 0.700. The third-order valence-electron chi connectivity index (χ3n) is 1.94. The predicted molar refractivity (Wildman–Crippen MR) is 56.0 cm³/mol. The number of unbranched alkanes of at least 4 members (excludes halogenated alkanes) is 1. The SMILES string of the molecule is CCCCOCCNCc1ccn[nH]1. The molecule has 80 valence electrons. The third kappa shape index (κ3) is 4.99. The monoisotopic (exact) mass is 197 g/mol. The topological polar surface area (TPSA) is 49.9 Å². The van der Waals surface area contributed by atoms with E-state index in [0.717, 1.165) is 38.4 Å². The lowest BCUT2D eigenvalue weighted by Gasteiger charge is -2.04. The molecule has 0 atom stereocenters. The Hall–Kier alpha value is -0.870. The Balaban J connectivity index is 1.85. The first kappa shape index (κ1) is 11.2. The first-order valence-corrected chi connectivity index (χ1v) is 5.20. The second kappa shape index (κ2) is 7.53. The zero-order valence-corrected chi connectivity index (χ0v) is 8.75. The molecule has 0 radical (unpaired) electrons. The van der Waals surface area contributed by atoms with Crippen molar-refractivity contribution < 1.29 is 4.74 Å². The Kier molecular flexibility index (Phi) is 6.02. The van der Waals surface area contributed by atoms with E-state index in [1.54, 1.807) is 6.20 Å². The predicted octanol–water partition coefficient (Wildman–Crippen LogP) is 1.32. The molecule has 2 N–H and O–H groups in total. The maximum absolute atomic E-state index is 5.41. The normalized spacial score (nSPS) is 10.6. The second-order valence-electron chi connectivity index (χ2n) is 3.22. The molecule has 1 aromatic rings. The fourth-order valence-corrected chi connectivity index (χ4v) is 1.10. The highest BCUT2D eigenvalue weighted by Crippen LogP contribution is 1.90. The molecule has 0 spiro atoms. The number of rotatable bonds is 8. The van der Waals surface area contributed by atoms with Gasteiger partial charge in [0.2, 0.25) is 0 Å². The average molecular weight is 197 g/mol. The van der Waals surface area contributed by atoms with Gasteiger partial charge >= 0.3 is 0 Å².